The van der Waals surface area contributed by atoms with Crippen molar-refractivity contribution >= 4 is 5.91 Å². The maximum Gasteiger partial charge on any atom is 0.244 e. The molecule has 5 heteroatoms. The van der Waals surface area contributed by atoms with E-state index in [4.69, 9.17) is 4.74 Å². The van der Waals surface area contributed by atoms with E-state index in [1.807, 2.05) is 25.1 Å². The molecule has 0 fully saturated rings. The van der Waals surface area contributed by atoms with Crippen molar-refractivity contribution in [1.82, 2.24) is 15.1 Å². The average molecular weight is 271 g/mol. The Kier molecular flexibility index (Phi) is 3.41. The highest BCUT2D eigenvalue weighted by Gasteiger charge is 2.23. The van der Waals surface area contributed by atoms with E-state index in [1.165, 1.54) is 5.56 Å². The first-order valence-electron chi connectivity index (χ1n) is 6.75. The van der Waals surface area contributed by atoms with Gasteiger partial charge in [-0.3, -0.25) is 9.48 Å². The number of amides is 1. The summed E-state index contributed by atoms with van der Waals surface area (Å²) in [5, 5.41) is 7.00. The summed E-state index contributed by atoms with van der Waals surface area (Å²) in [6.07, 6.45) is 4.31. The molecule has 1 amide bonds. The van der Waals surface area contributed by atoms with Gasteiger partial charge in [0.05, 0.1) is 6.54 Å². The molecule has 0 unspecified atom stereocenters. The fraction of sp³-hybridized carbons (Fsp3) is 0.333. The lowest BCUT2D eigenvalue weighted by Gasteiger charge is -2.15. The van der Waals surface area contributed by atoms with Gasteiger partial charge >= 0.3 is 0 Å². The average Bonchev–Trinajstić information content (AvgIpc) is 3.12. The minimum atomic E-state index is -0.311. The number of nitrogens with one attached hydrogen (secondary N) is 1. The summed E-state index contributed by atoms with van der Waals surface area (Å²) in [7, 11) is 0. The second kappa shape index (κ2) is 5.36. The zero-order valence-electron chi connectivity index (χ0n) is 11.3. The molecular formula is C15H17N3O2. The highest BCUT2D eigenvalue weighted by atomic mass is 16.5. The molecule has 2 atom stereocenters. The van der Waals surface area contributed by atoms with Crippen LogP contribution in [0.15, 0.2) is 42.7 Å². The number of rotatable bonds is 4. The lowest BCUT2D eigenvalue weighted by Crippen LogP contribution is -2.38. The lowest BCUT2D eigenvalue weighted by atomic mass is 10.1. The molecule has 0 radical (unpaired) electrons. The number of ether oxygens (including phenoxy) is 1. The zero-order valence-corrected chi connectivity index (χ0v) is 11.3. The van der Waals surface area contributed by atoms with Crippen LogP contribution in [0, 0.1) is 0 Å². The zero-order chi connectivity index (χ0) is 13.9. The van der Waals surface area contributed by atoms with E-state index in [9.17, 15) is 4.79 Å². The molecule has 1 aromatic carbocycles. The lowest BCUT2D eigenvalue weighted by molar-refractivity contribution is -0.124. The first-order valence-corrected chi connectivity index (χ1v) is 6.75. The topological polar surface area (TPSA) is 56.1 Å². The number of hydrogen-bond donors (Lipinski definition) is 1. The van der Waals surface area contributed by atoms with Gasteiger partial charge in [-0.25, -0.2) is 0 Å². The van der Waals surface area contributed by atoms with Gasteiger partial charge in [0.1, 0.15) is 17.9 Å². The molecule has 104 valence electrons. The van der Waals surface area contributed by atoms with E-state index in [-0.39, 0.29) is 18.1 Å². The third-order valence-corrected chi connectivity index (χ3v) is 3.52. The van der Waals surface area contributed by atoms with E-state index >= 15 is 0 Å². The largest absolute Gasteiger partial charge is 0.488 e. The summed E-state index contributed by atoms with van der Waals surface area (Å²) in [6, 6.07) is 9.48. The highest BCUT2D eigenvalue weighted by molar-refractivity contribution is 5.79. The first-order chi connectivity index (χ1) is 9.74. The molecule has 20 heavy (non-hydrogen) atoms. The molecule has 3 rings (SSSR count). The predicted molar refractivity (Wildman–Crippen MR) is 74.5 cm³/mol. The summed E-state index contributed by atoms with van der Waals surface area (Å²) in [4.78, 5) is 12.0. The van der Waals surface area contributed by atoms with Gasteiger partial charge in [0, 0.05) is 18.8 Å². The number of carbonyl (C=O) groups is 1. The summed E-state index contributed by atoms with van der Waals surface area (Å²) in [5.74, 6) is 0.875. The number of benzene rings is 1. The fourth-order valence-corrected chi connectivity index (χ4v) is 2.36. The van der Waals surface area contributed by atoms with E-state index in [0.29, 0.717) is 6.54 Å². The Hall–Kier alpha value is -2.30. The van der Waals surface area contributed by atoms with Gasteiger partial charge in [-0.05, 0) is 24.6 Å². The highest BCUT2D eigenvalue weighted by Crippen LogP contribution is 2.27. The van der Waals surface area contributed by atoms with E-state index < -0.39 is 0 Å². The van der Waals surface area contributed by atoms with Crippen molar-refractivity contribution in [3.05, 3.63) is 48.3 Å². The molecule has 1 aliphatic rings. The number of fused-ring (bicyclic) bond motifs is 1. The Morgan fingerprint density at radius 3 is 3.10 bits per heavy atom. The maximum atomic E-state index is 12.0. The number of aromatic nitrogens is 2. The van der Waals surface area contributed by atoms with Crippen molar-refractivity contribution in [3.8, 4) is 5.75 Å². The smallest absolute Gasteiger partial charge is 0.244 e. The SMILES string of the molecule is C[C@H](C(=O)NC[C@H]1Cc2ccccc2O1)n1cccn1. The van der Waals surface area contributed by atoms with Gasteiger partial charge < -0.3 is 10.1 Å². The summed E-state index contributed by atoms with van der Waals surface area (Å²) in [6.45, 7) is 2.34. The standard InChI is InChI=1S/C15H17N3O2/c1-11(18-8-4-7-17-18)15(19)16-10-13-9-12-5-2-3-6-14(12)20-13/h2-8,11,13H,9-10H2,1H3,(H,16,19)/t11-,13-/m1/s1. The fourth-order valence-electron chi connectivity index (χ4n) is 2.36. The minimum absolute atomic E-state index is 0.0150. The Morgan fingerprint density at radius 1 is 1.50 bits per heavy atom. The monoisotopic (exact) mass is 271 g/mol. The van der Waals surface area contributed by atoms with Gasteiger partial charge in [-0.15, -0.1) is 0 Å². The molecular weight excluding hydrogens is 254 g/mol. The molecule has 0 saturated heterocycles. The normalized spacial score (nSPS) is 18.1. The van der Waals surface area contributed by atoms with Crippen LogP contribution in [-0.4, -0.2) is 28.3 Å². The van der Waals surface area contributed by atoms with Crippen LogP contribution < -0.4 is 10.1 Å². The van der Waals surface area contributed by atoms with Crippen LogP contribution in [0.25, 0.3) is 0 Å². The molecule has 0 bridgehead atoms. The second-order valence-corrected chi connectivity index (χ2v) is 4.96. The number of hydrogen-bond acceptors (Lipinski definition) is 3. The Morgan fingerprint density at radius 2 is 2.35 bits per heavy atom. The third-order valence-electron chi connectivity index (χ3n) is 3.52. The number of carbonyl (C=O) groups excluding carboxylic acids is 1. The van der Waals surface area contributed by atoms with Crippen molar-refractivity contribution in [2.75, 3.05) is 6.54 Å². The summed E-state index contributed by atoms with van der Waals surface area (Å²) in [5.41, 5.74) is 1.20. The van der Waals surface area contributed by atoms with Crippen LogP contribution in [0.1, 0.15) is 18.5 Å². The van der Waals surface area contributed by atoms with E-state index in [1.54, 1.807) is 23.1 Å². The van der Waals surface area contributed by atoms with Crippen LogP contribution in [-0.2, 0) is 11.2 Å². The van der Waals surface area contributed by atoms with Crippen molar-refractivity contribution in [2.45, 2.75) is 25.5 Å². The van der Waals surface area contributed by atoms with Crippen LogP contribution in [0.5, 0.6) is 5.75 Å². The van der Waals surface area contributed by atoms with Crippen molar-refractivity contribution in [3.63, 3.8) is 0 Å². The van der Waals surface area contributed by atoms with Crippen molar-refractivity contribution in [1.29, 1.82) is 0 Å². The van der Waals surface area contributed by atoms with E-state index in [2.05, 4.69) is 16.5 Å². The van der Waals surface area contributed by atoms with Crippen LogP contribution in [0.3, 0.4) is 0 Å². The molecule has 1 aliphatic heterocycles. The minimum Gasteiger partial charge on any atom is -0.488 e. The molecule has 1 aromatic heterocycles. The Bertz CT molecular complexity index is 570. The second-order valence-electron chi connectivity index (χ2n) is 4.96. The molecule has 0 aliphatic carbocycles. The third kappa shape index (κ3) is 2.52. The molecule has 2 heterocycles. The molecule has 0 saturated carbocycles. The van der Waals surface area contributed by atoms with Gasteiger partial charge in [-0.2, -0.15) is 5.10 Å². The summed E-state index contributed by atoms with van der Waals surface area (Å²) >= 11 is 0. The first kappa shape index (κ1) is 12.7. The molecule has 5 nitrogen and oxygen atoms in total. The quantitative estimate of drug-likeness (QED) is 0.918. The number of nitrogens with zero attached hydrogens (tertiary/aromatic N) is 2. The Labute approximate surface area is 117 Å². The Balaban J connectivity index is 1.53. The summed E-state index contributed by atoms with van der Waals surface area (Å²) < 4.78 is 7.43. The van der Waals surface area contributed by atoms with Gasteiger partial charge in [0.25, 0.3) is 0 Å². The van der Waals surface area contributed by atoms with Gasteiger partial charge in [0.2, 0.25) is 5.91 Å². The molecule has 1 N–H and O–H groups in total. The molecule has 0 spiro atoms. The van der Waals surface area contributed by atoms with Crippen molar-refractivity contribution in [2.24, 2.45) is 0 Å². The predicted octanol–water partition coefficient (Wildman–Crippen LogP) is 1.56. The van der Waals surface area contributed by atoms with Gasteiger partial charge in [0.15, 0.2) is 0 Å². The van der Waals surface area contributed by atoms with Crippen LogP contribution in [0.4, 0.5) is 0 Å². The van der Waals surface area contributed by atoms with Crippen LogP contribution >= 0.6 is 0 Å². The maximum absolute atomic E-state index is 12.0. The van der Waals surface area contributed by atoms with Crippen LogP contribution in [0.2, 0.25) is 0 Å². The van der Waals surface area contributed by atoms with Crippen molar-refractivity contribution < 1.29 is 9.53 Å². The molecule has 2 aromatic rings. The number of para-hydroxylation sites is 1. The van der Waals surface area contributed by atoms with Gasteiger partial charge in [-0.1, -0.05) is 18.2 Å². The van der Waals surface area contributed by atoms with E-state index in [0.717, 1.165) is 12.2 Å².